The van der Waals surface area contributed by atoms with Crippen LogP contribution in [-0.2, 0) is 30.1 Å². The third-order valence-electron chi connectivity index (χ3n) is 5.47. The number of hydrogen-bond donors (Lipinski definition) is 1. The van der Waals surface area contributed by atoms with Crippen LogP contribution in [0.5, 0.6) is 0 Å². The topological polar surface area (TPSA) is 83.1 Å². The lowest BCUT2D eigenvalue weighted by atomic mass is 9.76. The second-order valence-electron chi connectivity index (χ2n) is 9.62. The Morgan fingerprint density at radius 1 is 1.10 bits per heavy atom. The van der Waals surface area contributed by atoms with Crippen LogP contribution in [0.25, 0.3) is 0 Å². The van der Waals surface area contributed by atoms with Gasteiger partial charge in [-0.1, -0.05) is 6.07 Å². The smallest absolute Gasteiger partial charge is 0.465 e. The van der Waals surface area contributed by atoms with Crippen LogP contribution in [0, 0.1) is 6.92 Å². The van der Waals surface area contributed by atoms with Gasteiger partial charge in [0, 0.05) is 6.54 Å². The molecule has 166 valence electrons. The Labute approximate surface area is 179 Å². The standard InChI is InChI=1S/C22H34BNO6/c1-14-15(12-24-13-18(25)28-20(2,3)4)10-16(11-17(14)19(26)27-9)23-29-21(5,6)22(7,8)30-23/h10-11,24H,12-13H2,1-9H3. The Morgan fingerprint density at radius 3 is 2.17 bits per heavy atom. The summed E-state index contributed by atoms with van der Waals surface area (Å²) >= 11 is 0. The zero-order valence-electron chi connectivity index (χ0n) is 19.6. The summed E-state index contributed by atoms with van der Waals surface area (Å²) in [5.41, 5.74) is 1.27. The number of rotatable bonds is 6. The number of methoxy groups -OCH3 is 1. The highest BCUT2D eigenvalue weighted by Gasteiger charge is 2.51. The lowest BCUT2D eigenvalue weighted by Gasteiger charge is -2.32. The third-order valence-corrected chi connectivity index (χ3v) is 5.47. The van der Waals surface area contributed by atoms with Crippen molar-refractivity contribution in [3.05, 3.63) is 28.8 Å². The van der Waals surface area contributed by atoms with E-state index in [0.29, 0.717) is 12.1 Å². The van der Waals surface area contributed by atoms with Crippen LogP contribution >= 0.6 is 0 Å². The van der Waals surface area contributed by atoms with Crippen LogP contribution in [-0.4, -0.2) is 49.5 Å². The SMILES string of the molecule is COC(=O)c1cc(B2OC(C)(C)C(C)(C)O2)cc(CNCC(=O)OC(C)(C)C)c1C. The molecule has 0 aliphatic carbocycles. The molecule has 0 spiro atoms. The minimum Gasteiger partial charge on any atom is -0.465 e. The third kappa shape index (κ3) is 5.62. The Kier molecular flexibility index (Phi) is 7.06. The summed E-state index contributed by atoms with van der Waals surface area (Å²) in [5.74, 6) is -0.769. The summed E-state index contributed by atoms with van der Waals surface area (Å²) in [6, 6.07) is 3.69. The van der Waals surface area contributed by atoms with Crippen molar-refractivity contribution in [1.29, 1.82) is 0 Å². The molecule has 1 aliphatic rings. The molecule has 0 radical (unpaired) electrons. The molecule has 2 rings (SSSR count). The van der Waals surface area contributed by atoms with Crippen LogP contribution in [0.15, 0.2) is 12.1 Å². The lowest BCUT2D eigenvalue weighted by molar-refractivity contribution is -0.153. The molecule has 0 aromatic heterocycles. The van der Waals surface area contributed by atoms with E-state index in [-0.39, 0.29) is 12.5 Å². The maximum Gasteiger partial charge on any atom is 0.494 e. The quantitative estimate of drug-likeness (QED) is 0.560. The predicted octanol–water partition coefficient (Wildman–Crippen LogP) is 2.51. The molecular formula is C22H34BNO6. The van der Waals surface area contributed by atoms with E-state index < -0.39 is 29.9 Å². The summed E-state index contributed by atoms with van der Waals surface area (Å²) < 4.78 is 22.6. The van der Waals surface area contributed by atoms with E-state index in [0.717, 1.165) is 16.6 Å². The summed E-state index contributed by atoms with van der Waals surface area (Å²) in [6.07, 6.45) is 0. The first-order valence-corrected chi connectivity index (χ1v) is 10.2. The number of nitrogens with one attached hydrogen (secondary N) is 1. The molecule has 8 heteroatoms. The zero-order valence-corrected chi connectivity index (χ0v) is 19.6. The van der Waals surface area contributed by atoms with Crippen LogP contribution < -0.4 is 10.8 Å². The monoisotopic (exact) mass is 419 g/mol. The fourth-order valence-corrected chi connectivity index (χ4v) is 3.10. The number of carbonyl (C=O) groups is 2. The Balaban J connectivity index is 2.26. The van der Waals surface area contributed by atoms with E-state index in [1.807, 2.05) is 61.5 Å². The van der Waals surface area contributed by atoms with Crippen LogP contribution in [0.3, 0.4) is 0 Å². The van der Waals surface area contributed by atoms with Crippen LogP contribution in [0.1, 0.15) is 70.0 Å². The molecule has 0 saturated carbocycles. The Bertz CT molecular complexity index is 797. The first kappa shape index (κ1) is 24.4. The summed E-state index contributed by atoms with van der Waals surface area (Å²) in [7, 11) is 0.743. The highest BCUT2D eigenvalue weighted by molar-refractivity contribution is 6.62. The van der Waals surface area contributed by atoms with Gasteiger partial charge in [-0.25, -0.2) is 4.79 Å². The second-order valence-corrected chi connectivity index (χ2v) is 9.62. The number of ether oxygens (including phenoxy) is 2. The van der Waals surface area contributed by atoms with Crippen molar-refractivity contribution >= 4 is 24.5 Å². The molecule has 1 N–H and O–H groups in total. The molecule has 30 heavy (non-hydrogen) atoms. The van der Waals surface area contributed by atoms with Gasteiger partial charge in [0.1, 0.15) is 5.60 Å². The molecule has 0 unspecified atom stereocenters. The molecule has 7 nitrogen and oxygen atoms in total. The van der Waals surface area contributed by atoms with Crippen molar-refractivity contribution < 1.29 is 28.4 Å². The van der Waals surface area contributed by atoms with Crippen LogP contribution in [0.2, 0.25) is 0 Å². The van der Waals surface area contributed by atoms with Gasteiger partial charge in [0.15, 0.2) is 0 Å². The minimum atomic E-state index is -0.608. The van der Waals surface area contributed by atoms with Crippen molar-refractivity contribution in [2.24, 2.45) is 0 Å². The Morgan fingerprint density at radius 2 is 1.67 bits per heavy atom. The molecule has 1 heterocycles. The molecule has 0 bridgehead atoms. The largest absolute Gasteiger partial charge is 0.494 e. The van der Waals surface area contributed by atoms with Gasteiger partial charge in [0.25, 0.3) is 0 Å². The minimum absolute atomic E-state index is 0.0605. The molecule has 1 aliphatic heterocycles. The van der Waals surface area contributed by atoms with E-state index in [1.165, 1.54) is 7.11 Å². The summed E-state index contributed by atoms with van der Waals surface area (Å²) in [4.78, 5) is 24.3. The van der Waals surface area contributed by atoms with E-state index in [4.69, 9.17) is 18.8 Å². The second kappa shape index (κ2) is 8.69. The molecule has 0 amide bonds. The van der Waals surface area contributed by atoms with Gasteiger partial charge in [-0.2, -0.15) is 0 Å². The highest BCUT2D eigenvalue weighted by Crippen LogP contribution is 2.36. The number of esters is 2. The van der Waals surface area contributed by atoms with Gasteiger partial charge in [-0.3, -0.25) is 4.79 Å². The van der Waals surface area contributed by atoms with Crippen LogP contribution in [0.4, 0.5) is 0 Å². The maximum absolute atomic E-state index is 12.3. The molecular weight excluding hydrogens is 385 g/mol. The van der Waals surface area contributed by atoms with Gasteiger partial charge < -0.3 is 24.1 Å². The van der Waals surface area contributed by atoms with E-state index >= 15 is 0 Å². The molecule has 1 fully saturated rings. The Hall–Kier alpha value is -1.90. The van der Waals surface area contributed by atoms with E-state index in [2.05, 4.69) is 5.32 Å². The first-order valence-electron chi connectivity index (χ1n) is 10.2. The molecule has 0 atom stereocenters. The fourth-order valence-electron chi connectivity index (χ4n) is 3.10. The fraction of sp³-hybridized carbons (Fsp3) is 0.636. The molecule has 1 saturated heterocycles. The van der Waals surface area contributed by atoms with Crippen molar-refractivity contribution in [3.8, 4) is 0 Å². The number of carbonyl (C=O) groups excluding carboxylic acids is 2. The van der Waals surface area contributed by atoms with Gasteiger partial charge in [0.2, 0.25) is 0 Å². The van der Waals surface area contributed by atoms with Crippen molar-refractivity contribution in [2.75, 3.05) is 13.7 Å². The van der Waals surface area contributed by atoms with Gasteiger partial charge in [-0.05, 0) is 78.0 Å². The maximum atomic E-state index is 12.3. The summed E-state index contributed by atoms with van der Waals surface area (Å²) in [5, 5.41) is 3.09. The normalized spacial score (nSPS) is 17.7. The highest BCUT2D eigenvalue weighted by atomic mass is 16.7. The predicted molar refractivity (Wildman–Crippen MR) is 116 cm³/mol. The zero-order chi connectivity index (χ0) is 22.9. The molecule has 1 aromatic carbocycles. The van der Waals surface area contributed by atoms with Gasteiger partial charge in [0.05, 0.1) is 30.4 Å². The van der Waals surface area contributed by atoms with Crippen molar-refractivity contribution in [1.82, 2.24) is 5.32 Å². The number of hydrogen-bond acceptors (Lipinski definition) is 7. The average Bonchev–Trinajstić information content (AvgIpc) is 2.81. The lowest BCUT2D eigenvalue weighted by Crippen LogP contribution is -2.41. The van der Waals surface area contributed by atoms with Crippen molar-refractivity contribution in [3.63, 3.8) is 0 Å². The first-order chi connectivity index (χ1) is 13.7. The average molecular weight is 419 g/mol. The van der Waals surface area contributed by atoms with Crippen molar-refractivity contribution in [2.45, 2.75) is 78.7 Å². The van der Waals surface area contributed by atoms with Gasteiger partial charge in [-0.15, -0.1) is 0 Å². The number of benzene rings is 1. The summed E-state index contributed by atoms with van der Waals surface area (Å²) in [6.45, 7) is 15.7. The van der Waals surface area contributed by atoms with E-state index in [1.54, 1.807) is 6.07 Å². The molecule has 1 aromatic rings. The van der Waals surface area contributed by atoms with E-state index in [9.17, 15) is 9.59 Å². The van der Waals surface area contributed by atoms with Gasteiger partial charge >= 0.3 is 19.1 Å².